The van der Waals surface area contributed by atoms with Crippen molar-refractivity contribution in [3.63, 3.8) is 0 Å². The Morgan fingerprint density at radius 2 is 1.76 bits per heavy atom. The van der Waals surface area contributed by atoms with Crippen LogP contribution >= 0.6 is 0 Å². The van der Waals surface area contributed by atoms with E-state index in [9.17, 15) is 13.2 Å². The standard InChI is InChI=1S/C22H32N2O4S/c1-28-20-11-9-18(15-21(20)29(26,27)24-12-4-5-13-24)22(25)23-19-10-8-16-6-2-3-7-17(16)14-19/h9,11,15-17,19H,2-8,10,12-14H2,1H3,(H,23,25)/t16-,17-,19+/m0/s1. The number of methoxy groups -OCH3 is 1. The molecule has 1 aliphatic heterocycles. The van der Waals surface area contributed by atoms with Gasteiger partial charge in [-0.3, -0.25) is 4.79 Å². The van der Waals surface area contributed by atoms with Gasteiger partial charge >= 0.3 is 0 Å². The number of benzene rings is 1. The molecule has 6 nitrogen and oxygen atoms in total. The smallest absolute Gasteiger partial charge is 0.251 e. The number of carbonyl (C=O) groups excluding carboxylic acids is 1. The number of sulfonamides is 1. The van der Waals surface area contributed by atoms with E-state index in [1.807, 2.05) is 0 Å². The Bertz CT molecular complexity index is 848. The van der Waals surface area contributed by atoms with Gasteiger partial charge in [0.05, 0.1) is 7.11 Å². The summed E-state index contributed by atoms with van der Waals surface area (Å²) in [7, 11) is -2.20. The van der Waals surface area contributed by atoms with E-state index in [1.54, 1.807) is 12.1 Å². The highest BCUT2D eigenvalue weighted by Crippen LogP contribution is 2.40. The van der Waals surface area contributed by atoms with Crippen molar-refractivity contribution in [2.45, 2.75) is 68.7 Å². The SMILES string of the molecule is COc1ccc(C(=O)N[C@@H]2CC[C@@H]3CCCC[C@H]3C2)cc1S(=O)(=O)N1CCCC1. The Morgan fingerprint density at radius 3 is 2.48 bits per heavy atom. The summed E-state index contributed by atoms with van der Waals surface area (Å²) >= 11 is 0. The second-order valence-electron chi connectivity index (χ2n) is 8.76. The maximum atomic E-state index is 13.1. The number of rotatable bonds is 5. The highest BCUT2D eigenvalue weighted by atomic mass is 32.2. The number of carbonyl (C=O) groups is 1. The van der Waals surface area contributed by atoms with E-state index < -0.39 is 10.0 Å². The van der Waals surface area contributed by atoms with E-state index in [0.29, 0.717) is 18.7 Å². The van der Waals surface area contributed by atoms with E-state index >= 15 is 0 Å². The zero-order chi connectivity index (χ0) is 20.4. The van der Waals surface area contributed by atoms with Crippen LogP contribution < -0.4 is 10.1 Å². The van der Waals surface area contributed by atoms with Gasteiger partial charge in [0, 0.05) is 24.7 Å². The predicted molar refractivity (Wildman–Crippen MR) is 112 cm³/mol. The van der Waals surface area contributed by atoms with Crippen LogP contribution in [0.25, 0.3) is 0 Å². The van der Waals surface area contributed by atoms with Crippen molar-refractivity contribution in [3.8, 4) is 5.75 Å². The fourth-order valence-corrected chi connectivity index (χ4v) is 7.06. The van der Waals surface area contributed by atoms with Gasteiger partial charge in [0.2, 0.25) is 10.0 Å². The third kappa shape index (κ3) is 4.31. The topological polar surface area (TPSA) is 75.7 Å². The molecule has 1 heterocycles. The number of hydrogen-bond donors (Lipinski definition) is 1. The fourth-order valence-electron chi connectivity index (χ4n) is 5.36. The van der Waals surface area contributed by atoms with Crippen molar-refractivity contribution in [2.75, 3.05) is 20.2 Å². The molecule has 2 aliphatic carbocycles. The first-order chi connectivity index (χ1) is 14.0. The van der Waals surface area contributed by atoms with Gasteiger partial charge in [0.25, 0.3) is 5.91 Å². The van der Waals surface area contributed by atoms with Gasteiger partial charge in [0.15, 0.2) is 0 Å². The van der Waals surface area contributed by atoms with Crippen molar-refractivity contribution in [2.24, 2.45) is 11.8 Å². The van der Waals surface area contributed by atoms with Crippen LogP contribution in [-0.4, -0.2) is 44.9 Å². The molecule has 0 bridgehead atoms. The summed E-state index contributed by atoms with van der Waals surface area (Å²) in [6.45, 7) is 1.04. The second-order valence-corrected chi connectivity index (χ2v) is 10.7. The quantitative estimate of drug-likeness (QED) is 0.790. The Balaban J connectivity index is 1.50. The summed E-state index contributed by atoms with van der Waals surface area (Å²) in [5, 5.41) is 3.17. The van der Waals surface area contributed by atoms with E-state index in [2.05, 4.69) is 5.32 Å². The van der Waals surface area contributed by atoms with Crippen LogP contribution in [0, 0.1) is 11.8 Å². The fraction of sp³-hybridized carbons (Fsp3) is 0.682. The van der Waals surface area contributed by atoms with Crippen molar-refractivity contribution in [1.82, 2.24) is 9.62 Å². The van der Waals surface area contributed by atoms with Crippen LogP contribution in [0.4, 0.5) is 0 Å². The Kier molecular flexibility index (Phi) is 6.16. The van der Waals surface area contributed by atoms with Crippen LogP contribution in [0.2, 0.25) is 0 Å². The molecular formula is C22H32N2O4S. The minimum atomic E-state index is -3.66. The molecule has 1 N–H and O–H groups in total. The summed E-state index contributed by atoms with van der Waals surface area (Å²) in [6, 6.07) is 4.91. The summed E-state index contributed by atoms with van der Waals surface area (Å²) in [6.07, 6.45) is 10.2. The van der Waals surface area contributed by atoms with Gasteiger partial charge in [-0.1, -0.05) is 25.7 Å². The largest absolute Gasteiger partial charge is 0.495 e. The number of ether oxygens (including phenoxy) is 1. The molecular weight excluding hydrogens is 388 g/mol. The lowest BCUT2D eigenvalue weighted by atomic mass is 9.69. The van der Waals surface area contributed by atoms with Gasteiger partial charge in [-0.25, -0.2) is 8.42 Å². The number of hydrogen-bond acceptors (Lipinski definition) is 4. The molecule has 4 rings (SSSR count). The molecule has 1 amide bonds. The molecule has 1 aromatic rings. The van der Waals surface area contributed by atoms with Crippen LogP contribution in [0.15, 0.2) is 23.1 Å². The first-order valence-electron chi connectivity index (χ1n) is 11.0. The van der Waals surface area contributed by atoms with Crippen LogP contribution in [0.1, 0.15) is 68.1 Å². The zero-order valence-electron chi connectivity index (χ0n) is 17.2. The summed E-state index contributed by atoms with van der Waals surface area (Å²) in [5.74, 6) is 1.65. The van der Waals surface area contributed by atoms with E-state index in [1.165, 1.54) is 49.6 Å². The normalized spacial score (nSPS) is 28.0. The molecule has 160 valence electrons. The maximum Gasteiger partial charge on any atom is 0.251 e. The lowest BCUT2D eigenvalue weighted by Crippen LogP contribution is -2.41. The molecule has 0 radical (unpaired) electrons. The van der Waals surface area contributed by atoms with Crippen LogP contribution in [0.3, 0.4) is 0 Å². The minimum Gasteiger partial charge on any atom is -0.495 e. The third-order valence-corrected chi connectivity index (χ3v) is 8.90. The maximum absolute atomic E-state index is 13.1. The molecule has 3 fully saturated rings. The van der Waals surface area contributed by atoms with Gasteiger partial charge < -0.3 is 10.1 Å². The average molecular weight is 421 g/mol. The van der Waals surface area contributed by atoms with Gasteiger partial charge in [-0.2, -0.15) is 4.31 Å². The predicted octanol–water partition coefficient (Wildman–Crippen LogP) is 3.57. The number of fused-ring (bicyclic) bond motifs is 1. The number of amides is 1. The van der Waals surface area contributed by atoms with Crippen molar-refractivity contribution in [3.05, 3.63) is 23.8 Å². The highest BCUT2D eigenvalue weighted by Gasteiger charge is 2.34. The van der Waals surface area contributed by atoms with Gasteiger partial charge in [0.1, 0.15) is 10.6 Å². The molecule has 2 saturated carbocycles. The summed E-state index contributed by atoms with van der Waals surface area (Å²) in [4.78, 5) is 13.0. The zero-order valence-corrected chi connectivity index (χ0v) is 18.0. The van der Waals surface area contributed by atoms with Gasteiger partial charge in [-0.15, -0.1) is 0 Å². The van der Waals surface area contributed by atoms with Crippen LogP contribution in [-0.2, 0) is 10.0 Å². The molecule has 0 aromatic heterocycles. The van der Waals surface area contributed by atoms with Gasteiger partial charge in [-0.05, 0) is 62.1 Å². The number of nitrogens with one attached hydrogen (secondary N) is 1. The van der Waals surface area contributed by atoms with E-state index in [-0.39, 0.29) is 22.6 Å². The molecule has 1 aromatic carbocycles. The van der Waals surface area contributed by atoms with Crippen molar-refractivity contribution >= 4 is 15.9 Å². The van der Waals surface area contributed by atoms with E-state index in [4.69, 9.17) is 4.74 Å². The molecule has 3 atom stereocenters. The number of nitrogens with zero attached hydrogens (tertiary/aromatic N) is 1. The Morgan fingerprint density at radius 1 is 1.03 bits per heavy atom. The lowest BCUT2D eigenvalue weighted by Gasteiger charge is -2.39. The lowest BCUT2D eigenvalue weighted by molar-refractivity contribution is 0.0879. The first kappa shape index (κ1) is 20.7. The summed E-state index contributed by atoms with van der Waals surface area (Å²) in [5.41, 5.74) is 0.384. The average Bonchev–Trinajstić information content (AvgIpc) is 3.29. The molecule has 0 unspecified atom stereocenters. The van der Waals surface area contributed by atoms with Crippen LogP contribution in [0.5, 0.6) is 5.75 Å². The van der Waals surface area contributed by atoms with Crippen molar-refractivity contribution in [1.29, 1.82) is 0 Å². The second kappa shape index (κ2) is 8.64. The Hall–Kier alpha value is -1.60. The molecule has 7 heteroatoms. The monoisotopic (exact) mass is 420 g/mol. The molecule has 1 saturated heterocycles. The molecule has 29 heavy (non-hydrogen) atoms. The third-order valence-electron chi connectivity index (χ3n) is 6.98. The molecule has 3 aliphatic rings. The summed E-state index contributed by atoms with van der Waals surface area (Å²) < 4.78 is 32.9. The first-order valence-corrected chi connectivity index (χ1v) is 12.4. The minimum absolute atomic E-state index is 0.0885. The molecule has 0 spiro atoms. The van der Waals surface area contributed by atoms with Crippen molar-refractivity contribution < 1.29 is 17.9 Å². The highest BCUT2D eigenvalue weighted by molar-refractivity contribution is 7.89. The van der Waals surface area contributed by atoms with E-state index in [0.717, 1.165) is 37.5 Å². The Labute approximate surface area is 174 Å².